The van der Waals surface area contributed by atoms with Crippen LogP contribution in [0.25, 0.3) is 0 Å². The van der Waals surface area contributed by atoms with Crippen molar-refractivity contribution in [2.24, 2.45) is 0 Å². The van der Waals surface area contributed by atoms with Gasteiger partial charge in [0.15, 0.2) is 0 Å². The van der Waals surface area contributed by atoms with Crippen LogP contribution in [0.2, 0.25) is 5.02 Å². The number of carbonyl (C=O) groups is 1. The molecule has 0 fully saturated rings. The van der Waals surface area contributed by atoms with Crippen LogP contribution in [0.5, 0.6) is 0 Å². The van der Waals surface area contributed by atoms with Crippen LogP contribution in [0.3, 0.4) is 0 Å². The summed E-state index contributed by atoms with van der Waals surface area (Å²) in [5.41, 5.74) is 9.35. The number of nitriles is 1. The van der Waals surface area contributed by atoms with E-state index in [-0.39, 0.29) is 5.57 Å². The van der Waals surface area contributed by atoms with Gasteiger partial charge in [-0.2, -0.15) is 5.26 Å². The van der Waals surface area contributed by atoms with Crippen LogP contribution >= 0.6 is 11.6 Å². The Hall–Kier alpha value is -2.97. The fraction of sp³-hybridized carbons (Fsp3) is 0.111. The van der Waals surface area contributed by atoms with Crippen LogP contribution in [-0.4, -0.2) is 5.91 Å². The van der Waals surface area contributed by atoms with Gasteiger partial charge in [-0.15, -0.1) is 0 Å². The van der Waals surface area contributed by atoms with Gasteiger partial charge in [-0.3, -0.25) is 4.79 Å². The second kappa shape index (κ2) is 7.53. The number of nitrogens with zero attached hydrogens (tertiary/aromatic N) is 1. The molecule has 0 aromatic heterocycles. The molecule has 2 aromatic rings. The number of carbonyl (C=O) groups excluding carboxylic acids is 1. The second-order valence-corrected chi connectivity index (χ2v) is 5.73. The van der Waals surface area contributed by atoms with Gasteiger partial charge in [0.2, 0.25) is 0 Å². The molecule has 6 heteroatoms. The van der Waals surface area contributed by atoms with E-state index in [0.717, 1.165) is 16.8 Å². The molecule has 1 amide bonds. The Balaban J connectivity index is 2.16. The van der Waals surface area contributed by atoms with E-state index in [2.05, 4.69) is 10.6 Å². The van der Waals surface area contributed by atoms with Gasteiger partial charge in [0.25, 0.3) is 5.91 Å². The number of benzene rings is 2. The first-order chi connectivity index (χ1) is 11.4. The number of halogens is 1. The first-order valence-electron chi connectivity index (χ1n) is 7.21. The lowest BCUT2D eigenvalue weighted by Gasteiger charge is -2.09. The maximum absolute atomic E-state index is 12.2. The maximum Gasteiger partial charge on any atom is 0.267 e. The molecule has 122 valence electrons. The predicted octanol–water partition coefficient (Wildman–Crippen LogP) is 4.00. The van der Waals surface area contributed by atoms with Gasteiger partial charge < -0.3 is 16.4 Å². The zero-order chi connectivity index (χ0) is 17.7. The summed E-state index contributed by atoms with van der Waals surface area (Å²) >= 11 is 6.02. The summed E-state index contributed by atoms with van der Waals surface area (Å²) in [4.78, 5) is 12.2. The van der Waals surface area contributed by atoms with Gasteiger partial charge in [0.05, 0.1) is 10.7 Å². The number of nitrogens with one attached hydrogen (secondary N) is 2. The monoisotopic (exact) mass is 340 g/mol. The molecule has 0 unspecified atom stereocenters. The average Bonchev–Trinajstić information content (AvgIpc) is 2.54. The van der Waals surface area contributed by atoms with Crippen molar-refractivity contribution in [1.82, 2.24) is 0 Å². The molecule has 0 aliphatic rings. The van der Waals surface area contributed by atoms with Crippen molar-refractivity contribution < 1.29 is 4.79 Å². The molecule has 0 heterocycles. The molecule has 0 saturated heterocycles. The van der Waals surface area contributed by atoms with Crippen LogP contribution in [0.15, 0.2) is 48.2 Å². The molecule has 0 atom stereocenters. The highest BCUT2D eigenvalue weighted by Crippen LogP contribution is 2.24. The second-order valence-electron chi connectivity index (χ2n) is 5.33. The van der Waals surface area contributed by atoms with Gasteiger partial charge >= 0.3 is 0 Å². The summed E-state index contributed by atoms with van der Waals surface area (Å²) < 4.78 is 0. The van der Waals surface area contributed by atoms with Crippen LogP contribution in [0, 0.1) is 25.2 Å². The molecule has 24 heavy (non-hydrogen) atoms. The number of rotatable bonds is 4. The Bertz CT molecular complexity index is 853. The summed E-state index contributed by atoms with van der Waals surface area (Å²) in [6, 6.07) is 12.5. The van der Waals surface area contributed by atoms with E-state index in [4.69, 9.17) is 17.3 Å². The predicted molar refractivity (Wildman–Crippen MR) is 97.7 cm³/mol. The largest absolute Gasteiger partial charge is 0.399 e. The summed E-state index contributed by atoms with van der Waals surface area (Å²) in [7, 11) is 0. The van der Waals surface area contributed by atoms with E-state index in [1.54, 1.807) is 12.1 Å². The fourth-order valence-corrected chi connectivity index (χ4v) is 2.25. The molecule has 0 aliphatic heterocycles. The molecule has 5 nitrogen and oxygen atoms in total. The lowest BCUT2D eigenvalue weighted by Crippen LogP contribution is -2.15. The zero-order valence-electron chi connectivity index (χ0n) is 13.4. The van der Waals surface area contributed by atoms with Crippen molar-refractivity contribution in [3.8, 4) is 6.07 Å². The highest BCUT2D eigenvalue weighted by Gasteiger charge is 2.11. The van der Waals surface area contributed by atoms with Gasteiger partial charge in [0.1, 0.15) is 11.6 Å². The number of hydrogen-bond acceptors (Lipinski definition) is 4. The van der Waals surface area contributed by atoms with E-state index in [0.29, 0.717) is 16.4 Å². The normalized spacial score (nSPS) is 10.8. The Morgan fingerprint density at radius 2 is 1.96 bits per heavy atom. The van der Waals surface area contributed by atoms with Crippen LogP contribution in [0.1, 0.15) is 11.1 Å². The minimum atomic E-state index is -0.554. The van der Waals surface area contributed by atoms with E-state index in [9.17, 15) is 10.1 Å². The Labute approximate surface area is 145 Å². The summed E-state index contributed by atoms with van der Waals surface area (Å²) in [6.07, 6.45) is 1.38. The van der Waals surface area contributed by atoms with E-state index in [1.165, 1.54) is 12.3 Å². The van der Waals surface area contributed by atoms with Crippen molar-refractivity contribution >= 4 is 34.6 Å². The number of anilines is 3. The molecule has 0 aliphatic carbocycles. The third-order valence-corrected chi connectivity index (χ3v) is 3.68. The number of hydrogen-bond donors (Lipinski definition) is 3. The third kappa shape index (κ3) is 4.28. The minimum absolute atomic E-state index is 0.0659. The molecular weight excluding hydrogens is 324 g/mol. The smallest absolute Gasteiger partial charge is 0.267 e. The summed E-state index contributed by atoms with van der Waals surface area (Å²) in [5, 5.41) is 15.1. The molecule has 4 N–H and O–H groups in total. The van der Waals surface area contributed by atoms with Gasteiger partial charge in [0, 0.05) is 17.6 Å². The highest BCUT2D eigenvalue weighted by molar-refractivity contribution is 6.34. The first kappa shape index (κ1) is 17.4. The molecule has 0 saturated carbocycles. The topological polar surface area (TPSA) is 90.9 Å². The summed E-state index contributed by atoms with van der Waals surface area (Å²) in [5.74, 6) is -0.554. The third-order valence-electron chi connectivity index (χ3n) is 3.37. The standard InChI is InChI=1S/C18H17ClN4O/c1-11-3-4-12(2)17(7-11)22-10-13(9-20)18(24)23-16-6-5-14(21)8-15(16)19/h3-8,10,22H,21H2,1-2H3,(H,23,24)/b13-10-. The number of aryl methyl sites for hydroxylation is 2. The Morgan fingerprint density at radius 3 is 2.62 bits per heavy atom. The average molecular weight is 341 g/mol. The molecule has 2 aromatic carbocycles. The zero-order valence-corrected chi connectivity index (χ0v) is 14.1. The molecule has 0 spiro atoms. The van der Waals surface area contributed by atoms with Crippen LogP contribution in [0.4, 0.5) is 17.1 Å². The van der Waals surface area contributed by atoms with Gasteiger partial charge in [-0.25, -0.2) is 0 Å². The highest BCUT2D eigenvalue weighted by atomic mass is 35.5. The number of nitrogen functional groups attached to an aromatic ring is 1. The van der Waals surface area contributed by atoms with Crippen molar-refractivity contribution in [2.75, 3.05) is 16.4 Å². The fourth-order valence-electron chi connectivity index (χ4n) is 2.01. The Morgan fingerprint density at radius 1 is 1.21 bits per heavy atom. The van der Waals surface area contributed by atoms with E-state index < -0.39 is 5.91 Å². The van der Waals surface area contributed by atoms with Crippen molar-refractivity contribution in [2.45, 2.75) is 13.8 Å². The Kier molecular flexibility index (Phi) is 5.46. The molecular formula is C18H17ClN4O. The maximum atomic E-state index is 12.2. The minimum Gasteiger partial charge on any atom is -0.399 e. The summed E-state index contributed by atoms with van der Waals surface area (Å²) in [6.45, 7) is 3.91. The molecule has 0 bridgehead atoms. The van der Waals surface area contributed by atoms with Crippen molar-refractivity contribution in [3.63, 3.8) is 0 Å². The molecule has 0 radical (unpaired) electrons. The van der Waals surface area contributed by atoms with E-state index >= 15 is 0 Å². The first-order valence-corrected chi connectivity index (χ1v) is 7.59. The lowest BCUT2D eigenvalue weighted by atomic mass is 10.1. The quantitative estimate of drug-likeness (QED) is 0.445. The van der Waals surface area contributed by atoms with Crippen molar-refractivity contribution in [3.05, 3.63) is 64.3 Å². The SMILES string of the molecule is Cc1ccc(C)c(N/C=C(/C#N)C(=O)Nc2ccc(N)cc2Cl)c1. The van der Waals surface area contributed by atoms with Gasteiger partial charge in [-0.05, 0) is 49.2 Å². The number of amides is 1. The van der Waals surface area contributed by atoms with Crippen LogP contribution < -0.4 is 16.4 Å². The number of nitrogens with two attached hydrogens (primary N) is 1. The van der Waals surface area contributed by atoms with Crippen molar-refractivity contribution in [1.29, 1.82) is 5.26 Å². The van der Waals surface area contributed by atoms with Gasteiger partial charge in [-0.1, -0.05) is 23.7 Å². The van der Waals surface area contributed by atoms with E-state index in [1.807, 2.05) is 38.1 Å². The van der Waals surface area contributed by atoms with Crippen LogP contribution in [-0.2, 0) is 4.79 Å². The lowest BCUT2D eigenvalue weighted by molar-refractivity contribution is -0.112. The molecule has 2 rings (SSSR count).